The first-order chi connectivity index (χ1) is 10.6. The Kier molecular flexibility index (Phi) is 3.72. The number of hydrogen-bond acceptors (Lipinski definition) is 2. The topological polar surface area (TPSA) is 31.2 Å². The van der Waals surface area contributed by atoms with Crippen molar-refractivity contribution < 1.29 is 9.53 Å². The van der Waals surface area contributed by atoms with Gasteiger partial charge in [-0.1, -0.05) is 36.4 Å². The van der Waals surface area contributed by atoms with Gasteiger partial charge in [0.2, 0.25) is 0 Å². The Hall–Kier alpha value is -2.55. The average molecular weight is 293 g/mol. The summed E-state index contributed by atoms with van der Waals surface area (Å²) in [4.78, 5) is 11.5. The third-order valence-corrected chi connectivity index (χ3v) is 3.82. The van der Waals surface area contributed by atoms with Crippen LogP contribution in [0.5, 0.6) is 0 Å². The number of aromatic nitrogens is 1. The van der Waals surface area contributed by atoms with Gasteiger partial charge in [-0.3, -0.25) is 0 Å². The zero-order chi connectivity index (χ0) is 15.7. The van der Waals surface area contributed by atoms with Gasteiger partial charge in [-0.25, -0.2) is 4.79 Å². The van der Waals surface area contributed by atoms with Crippen LogP contribution in [0.25, 0.3) is 21.8 Å². The Morgan fingerprint density at radius 2 is 1.86 bits per heavy atom. The molecule has 3 nitrogen and oxygen atoms in total. The van der Waals surface area contributed by atoms with Gasteiger partial charge in [0.1, 0.15) is 6.61 Å². The maximum atomic E-state index is 11.5. The second kappa shape index (κ2) is 5.68. The smallest absolute Gasteiger partial charge is 0.333 e. The van der Waals surface area contributed by atoms with Crippen molar-refractivity contribution in [2.75, 3.05) is 6.61 Å². The molecule has 112 valence electrons. The summed E-state index contributed by atoms with van der Waals surface area (Å²) in [6, 6.07) is 14.8. The number of nitrogens with zero attached hydrogens (tertiary/aromatic N) is 1. The Bertz CT molecular complexity index is 874. The van der Waals surface area contributed by atoms with Crippen LogP contribution in [0.4, 0.5) is 0 Å². The zero-order valence-electron chi connectivity index (χ0n) is 12.9. The van der Waals surface area contributed by atoms with Gasteiger partial charge in [-0.2, -0.15) is 0 Å². The van der Waals surface area contributed by atoms with Crippen molar-refractivity contribution in [2.24, 2.45) is 0 Å². The monoisotopic (exact) mass is 293 g/mol. The normalized spacial score (nSPS) is 11.0. The molecule has 3 aromatic rings. The molecule has 0 spiro atoms. The molecule has 0 amide bonds. The average Bonchev–Trinajstić information content (AvgIpc) is 2.81. The minimum Gasteiger partial charge on any atom is -0.460 e. The van der Waals surface area contributed by atoms with Crippen molar-refractivity contribution in [3.05, 3.63) is 60.2 Å². The zero-order valence-corrected chi connectivity index (χ0v) is 12.9. The van der Waals surface area contributed by atoms with E-state index in [9.17, 15) is 4.79 Å². The predicted octanol–water partition coefficient (Wildman–Crippen LogP) is 4.22. The van der Waals surface area contributed by atoms with Crippen molar-refractivity contribution in [3.8, 4) is 0 Å². The first kappa shape index (κ1) is 14.4. The van der Waals surface area contributed by atoms with Gasteiger partial charge in [0, 0.05) is 27.4 Å². The quantitative estimate of drug-likeness (QED) is 0.532. The summed E-state index contributed by atoms with van der Waals surface area (Å²) < 4.78 is 7.44. The van der Waals surface area contributed by atoms with Gasteiger partial charge in [0.05, 0.1) is 6.54 Å². The lowest BCUT2D eigenvalue weighted by molar-refractivity contribution is -0.139. The summed E-state index contributed by atoms with van der Waals surface area (Å²) >= 11 is 0. The molecule has 22 heavy (non-hydrogen) atoms. The number of fused-ring (bicyclic) bond motifs is 3. The van der Waals surface area contributed by atoms with Crippen LogP contribution in [0.3, 0.4) is 0 Å². The molecule has 0 fully saturated rings. The first-order valence-corrected chi connectivity index (χ1v) is 7.38. The third kappa shape index (κ3) is 2.50. The summed E-state index contributed by atoms with van der Waals surface area (Å²) in [5.74, 6) is -0.336. The minimum absolute atomic E-state index is 0.336. The maximum Gasteiger partial charge on any atom is 0.333 e. The van der Waals surface area contributed by atoms with Gasteiger partial charge in [-0.15, -0.1) is 0 Å². The Balaban J connectivity index is 2.00. The summed E-state index contributed by atoms with van der Waals surface area (Å²) in [7, 11) is 0. The molecule has 3 heteroatoms. The number of para-hydroxylation sites is 1. The molecule has 0 unspecified atom stereocenters. The molecule has 0 aliphatic heterocycles. The molecule has 0 N–H and O–H groups in total. The second-order valence-electron chi connectivity index (χ2n) is 5.61. The lowest BCUT2D eigenvalue weighted by atomic mass is 10.1. The van der Waals surface area contributed by atoms with Crippen LogP contribution in [-0.2, 0) is 16.1 Å². The number of aryl methyl sites for hydroxylation is 1. The molecular weight excluding hydrogens is 274 g/mol. The van der Waals surface area contributed by atoms with Crippen molar-refractivity contribution >= 4 is 27.8 Å². The molecule has 0 aliphatic carbocycles. The number of hydrogen-bond donors (Lipinski definition) is 0. The van der Waals surface area contributed by atoms with Crippen molar-refractivity contribution in [2.45, 2.75) is 20.4 Å². The molecule has 0 bridgehead atoms. The maximum absolute atomic E-state index is 11.5. The molecule has 1 heterocycles. The van der Waals surface area contributed by atoms with E-state index in [2.05, 4.69) is 54.5 Å². The van der Waals surface area contributed by atoms with Crippen LogP contribution in [0.2, 0.25) is 0 Å². The molecule has 2 aromatic carbocycles. The lowest BCUT2D eigenvalue weighted by Crippen LogP contribution is -2.11. The molecule has 1 aromatic heterocycles. The van der Waals surface area contributed by atoms with Gasteiger partial charge < -0.3 is 9.30 Å². The number of ether oxygens (including phenoxy) is 1. The molecular formula is C19H19NO2. The number of carbonyl (C=O) groups is 1. The fourth-order valence-electron chi connectivity index (χ4n) is 2.76. The fourth-order valence-corrected chi connectivity index (χ4v) is 2.76. The lowest BCUT2D eigenvalue weighted by Gasteiger charge is -2.08. The van der Waals surface area contributed by atoms with Gasteiger partial charge in [-0.05, 0) is 32.0 Å². The first-order valence-electron chi connectivity index (χ1n) is 7.38. The van der Waals surface area contributed by atoms with Crippen LogP contribution in [0.15, 0.2) is 54.6 Å². The summed E-state index contributed by atoms with van der Waals surface area (Å²) in [6.07, 6.45) is 0. The highest BCUT2D eigenvalue weighted by molar-refractivity contribution is 6.08. The Morgan fingerprint density at radius 3 is 2.64 bits per heavy atom. The van der Waals surface area contributed by atoms with E-state index in [1.165, 1.54) is 16.3 Å². The van der Waals surface area contributed by atoms with Gasteiger partial charge in [0.15, 0.2) is 0 Å². The molecule has 0 saturated heterocycles. The third-order valence-electron chi connectivity index (χ3n) is 3.82. The standard InChI is InChI=1S/C19H19NO2/c1-13(2)19(21)22-11-10-20-17-7-5-4-6-15(17)16-12-14(3)8-9-18(16)20/h4-9,12H,1,10-11H2,2-3H3. The van der Waals surface area contributed by atoms with Crippen molar-refractivity contribution in [1.82, 2.24) is 4.57 Å². The molecule has 0 saturated carbocycles. The van der Waals surface area contributed by atoms with E-state index in [1.807, 2.05) is 6.07 Å². The summed E-state index contributed by atoms with van der Waals surface area (Å²) in [5, 5.41) is 2.47. The second-order valence-corrected chi connectivity index (χ2v) is 5.61. The van der Waals surface area contributed by atoms with Crippen LogP contribution in [0.1, 0.15) is 12.5 Å². The predicted molar refractivity (Wildman–Crippen MR) is 90.0 cm³/mol. The Labute approximate surface area is 129 Å². The van der Waals surface area contributed by atoms with Gasteiger partial charge in [0.25, 0.3) is 0 Å². The highest BCUT2D eigenvalue weighted by atomic mass is 16.5. The van der Waals surface area contributed by atoms with Crippen molar-refractivity contribution in [3.63, 3.8) is 0 Å². The van der Waals surface area contributed by atoms with E-state index >= 15 is 0 Å². The van der Waals surface area contributed by atoms with Crippen LogP contribution in [-0.4, -0.2) is 17.1 Å². The largest absolute Gasteiger partial charge is 0.460 e. The molecule has 0 radical (unpaired) electrons. The minimum atomic E-state index is -0.336. The molecule has 3 rings (SSSR count). The molecule has 0 aliphatic rings. The Morgan fingerprint density at radius 1 is 1.14 bits per heavy atom. The van der Waals surface area contributed by atoms with E-state index in [4.69, 9.17) is 4.74 Å². The van der Waals surface area contributed by atoms with Crippen LogP contribution in [0, 0.1) is 6.92 Å². The van der Waals surface area contributed by atoms with E-state index < -0.39 is 0 Å². The fraction of sp³-hybridized carbons (Fsp3) is 0.211. The SMILES string of the molecule is C=C(C)C(=O)OCCn1c2ccccc2c2cc(C)ccc21. The summed E-state index contributed by atoms with van der Waals surface area (Å²) in [6.45, 7) is 8.33. The van der Waals surface area contributed by atoms with E-state index in [1.54, 1.807) is 6.92 Å². The highest BCUT2D eigenvalue weighted by Crippen LogP contribution is 2.29. The van der Waals surface area contributed by atoms with E-state index in [0.29, 0.717) is 18.7 Å². The number of carbonyl (C=O) groups excluding carboxylic acids is 1. The summed E-state index contributed by atoms with van der Waals surface area (Å²) in [5.41, 5.74) is 4.00. The van der Waals surface area contributed by atoms with Crippen LogP contribution < -0.4 is 0 Å². The molecule has 0 atom stereocenters. The number of rotatable bonds is 4. The van der Waals surface area contributed by atoms with E-state index in [-0.39, 0.29) is 5.97 Å². The van der Waals surface area contributed by atoms with Crippen molar-refractivity contribution in [1.29, 1.82) is 0 Å². The van der Waals surface area contributed by atoms with Gasteiger partial charge >= 0.3 is 5.97 Å². The van der Waals surface area contributed by atoms with E-state index in [0.717, 1.165) is 11.0 Å². The highest BCUT2D eigenvalue weighted by Gasteiger charge is 2.11. The number of esters is 1. The number of benzene rings is 2. The van der Waals surface area contributed by atoms with Crippen LogP contribution >= 0.6 is 0 Å².